The van der Waals surface area contributed by atoms with Crippen molar-refractivity contribution in [3.63, 3.8) is 0 Å². The van der Waals surface area contributed by atoms with E-state index in [9.17, 15) is 13.2 Å². The summed E-state index contributed by atoms with van der Waals surface area (Å²) in [5.74, 6) is -0.327. The monoisotopic (exact) mass is 436 g/mol. The van der Waals surface area contributed by atoms with Crippen LogP contribution in [0.25, 0.3) is 5.65 Å². The highest BCUT2D eigenvalue weighted by Crippen LogP contribution is 2.19. The second-order valence-corrected chi connectivity index (χ2v) is 8.72. The number of carbonyl (C=O) groups excluding carboxylic acids is 1. The van der Waals surface area contributed by atoms with E-state index in [2.05, 4.69) is 25.0 Å². The minimum absolute atomic E-state index is 0.0120. The molecule has 1 amide bonds. The van der Waals surface area contributed by atoms with Gasteiger partial charge in [0.1, 0.15) is 11.3 Å². The van der Waals surface area contributed by atoms with Gasteiger partial charge in [-0.3, -0.25) is 9.20 Å². The number of nitrogens with one attached hydrogen (secondary N) is 2. The second kappa shape index (κ2) is 7.80. The molecule has 9 nitrogen and oxygen atoms in total. The van der Waals surface area contributed by atoms with Crippen LogP contribution in [0.5, 0.6) is 0 Å². The predicted molar refractivity (Wildman–Crippen MR) is 117 cm³/mol. The molecule has 3 heterocycles. The third-order valence-corrected chi connectivity index (χ3v) is 5.89. The first-order valence-corrected chi connectivity index (χ1v) is 10.9. The third kappa shape index (κ3) is 4.24. The number of anilines is 2. The van der Waals surface area contributed by atoms with Crippen LogP contribution in [0.15, 0.2) is 59.6 Å². The van der Waals surface area contributed by atoms with Gasteiger partial charge in [0.2, 0.25) is 5.95 Å². The number of aryl methyl sites for hydroxylation is 3. The van der Waals surface area contributed by atoms with Crippen LogP contribution < -0.4 is 10.0 Å². The van der Waals surface area contributed by atoms with Crippen molar-refractivity contribution < 1.29 is 13.2 Å². The molecule has 0 saturated heterocycles. The van der Waals surface area contributed by atoms with Gasteiger partial charge in [-0.1, -0.05) is 6.07 Å². The number of pyridine rings is 1. The fraction of sp³-hybridized carbons (Fsp3) is 0.143. The highest BCUT2D eigenvalue weighted by molar-refractivity contribution is 7.92. The van der Waals surface area contributed by atoms with E-state index in [1.165, 1.54) is 24.3 Å². The molecule has 0 atom stereocenters. The van der Waals surface area contributed by atoms with Crippen LogP contribution in [-0.2, 0) is 10.0 Å². The molecule has 0 unspecified atom stereocenters. The van der Waals surface area contributed by atoms with Gasteiger partial charge in [-0.25, -0.2) is 28.1 Å². The summed E-state index contributed by atoms with van der Waals surface area (Å²) in [4.78, 5) is 25.4. The first-order valence-electron chi connectivity index (χ1n) is 9.43. The van der Waals surface area contributed by atoms with Gasteiger partial charge in [0.25, 0.3) is 15.9 Å². The van der Waals surface area contributed by atoms with E-state index in [0.29, 0.717) is 34.1 Å². The lowest BCUT2D eigenvalue weighted by Gasteiger charge is -2.10. The Hall–Kier alpha value is -3.79. The number of nitrogens with zero attached hydrogens (tertiary/aromatic N) is 4. The number of hydrogen-bond acceptors (Lipinski definition) is 6. The molecule has 4 rings (SSSR count). The van der Waals surface area contributed by atoms with Gasteiger partial charge in [0, 0.05) is 23.3 Å². The van der Waals surface area contributed by atoms with Crippen LogP contribution in [-0.4, -0.2) is 33.7 Å². The molecule has 3 aromatic heterocycles. The Labute approximate surface area is 179 Å². The van der Waals surface area contributed by atoms with Crippen LogP contribution in [0.2, 0.25) is 0 Å². The molecule has 0 fully saturated rings. The number of carbonyl (C=O) groups is 1. The summed E-state index contributed by atoms with van der Waals surface area (Å²) in [6, 6.07) is 13.1. The van der Waals surface area contributed by atoms with Crippen molar-refractivity contribution in [1.29, 1.82) is 0 Å². The first kappa shape index (κ1) is 20.5. The summed E-state index contributed by atoms with van der Waals surface area (Å²) >= 11 is 0. The maximum atomic E-state index is 12.8. The lowest BCUT2D eigenvalue weighted by Crippen LogP contribution is -2.17. The van der Waals surface area contributed by atoms with E-state index in [-0.39, 0.29) is 16.8 Å². The minimum atomic E-state index is -3.87. The van der Waals surface area contributed by atoms with Gasteiger partial charge in [-0.15, -0.1) is 0 Å². The normalized spacial score (nSPS) is 11.5. The average molecular weight is 436 g/mol. The number of sulfonamides is 1. The average Bonchev–Trinajstić information content (AvgIpc) is 3.03. The predicted octanol–water partition coefficient (Wildman–Crippen LogP) is 3.10. The summed E-state index contributed by atoms with van der Waals surface area (Å²) < 4.78 is 29.4. The molecule has 0 spiro atoms. The summed E-state index contributed by atoms with van der Waals surface area (Å²) in [6.45, 7) is 5.28. The lowest BCUT2D eigenvalue weighted by molar-refractivity contribution is 0.102. The van der Waals surface area contributed by atoms with Gasteiger partial charge in [0.15, 0.2) is 0 Å². The second-order valence-electron chi connectivity index (χ2n) is 7.03. The zero-order valence-corrected chi connectivity index (χ0v) is 17.9. The molecule has 1 aromatic carbocycles. The van der Waals surface area contributed by atoms with Crippen LogP contribution in [0.4, 0.5) is 11.6 Å². The third-order valence-electron chi connectivity index (χ3n) is 4.55. The Morgan fingerprint density at radius 3 is 2.29 bits per heavy atom. The Bertz CT molecular complexity index is 1370. The van der Waals surface area contributed by atoms with Crippen molar-refractivity contribution in [2.24, 2.45) is 0 Å². The number of aromatic nitrogens is 4. The molecular weight excluding hydrogens is 416 g/mol. The van der Waals surface area contributed by atoms with E-state index in [1.807, 2.05) is 18.2 Å². The Morgan fingerprint density at radius 1 is 0.935 bits per heavy atom. The zero-order chi connectivity index (χ0) is 22.2. The molecular formula is C21H20N6O3S. The molecule has 0 aliphatic rings. The van der Waals surface area contributed by atoms with Crippen LogP contribution in [0.1, 0.15) is 27.6 Å². The minimum Gasteiger partial charge on any atom is -0.321 e. The topological polar surface area (TPSA) is 118 Å². The highest BCUT2D eigenvalue weighted by atomic mass is 32.2. The van der Waals surface area contributed by atoms with Crippen LogP contribution >= 0.6 is 0 Å². The number of rotatable bonds is 5. The summed E-state index contributed by atoms with van der Waals surface area (Å²) in [7, 11) is -3.87. The molecule has 0 aliphatic heterocycles. The standard InChI is InChI=1S/C21H20N6O3S/c1-13-12-14(2)23-21(22-13)26-31(29,30)17-9-7-16(8-10-17)25-20(28)19-15(3)24-18-6-4-5-11-27(18)19/h4-12H,1-3H3,(H,25,28)(H,22,23,26). The van der Waals surface area contributed by atoms with E-state index < -0.39 is 10.0 Å². The Balaban J connectivity index is 1.53. The first-order chi connectivity index (χ1) is 14.7. The maximum absolute atomic E-state index is 12.8. The molecule has 31 heavy (non-hydrogen) atoms. The number of hydrogen-bond donors (Lipinski definition) is 2. The molecule has 0 saturated carbocycles. The van der Waals surface area contributed by atoms with Gasteiger partial charge >= 0.3 is 0 Å². The SMILES string of the molecule is Cc1cc(C)nc(NS(=O)(=O)c2ccc(NC(=O)c3c(C)nc4ccccn34)cc2)n1. The summed E-state index contributed by atoms with van der Waals surface area (Å²) in [5.41, 5.74) is 3.46. The van der Waals surface area contributed by atoms with E-state index in [0.717, 1.165) is 0 Å². The Morgan fingerprint density at radius 2 is 1.61 bits per heavy atom. The molecule has 0 radical (unpaired) electrons. The zero-order valence-electron chi connectivity index (χ0n) is 17.1. The molecule has 2 N–H and O–H groups in total. The lowest BCUT2D eigenvalue weighted by atomic mass is 10.3. The van der Waals surface area contributed by atoms with Crippen molar-refractivity contribution in [3.8, 4) is 0 Å². The van der Waals surface area contributed by atoms with Crippen molar-refractivity contribution in [3.05, 3.63) is 77.5 Å². The Kier molecular flexibility index (Phi) is 5.15. The van der Waals surface area contributed by atoms with Crippen molar-refractivity contribution in [2.75, 3.05) is 10.0 Å². The van der Waals surface area contributed by atoms with Crippen molar-refractivity contribution in [2.45, 2.75) is 25.7 Å². The fourth-order valence-corrected chi connectivity index (χ4v) is 4.19. The molecule has 10 heteroatoms. The van der Waals surface area contributed by atoms with Gasteiger partial charge in [-0.05, 0) is 63.2 Å². The fourth-order valence-electron chi connectivity index (χ4n) is 3.25. The molecule has 0 bridgehead atoms. The number of amides is 1. The smallest absolute Gasteiger partial charge is 0.274 e. The van der Waals surface area contributed by atoms with Crippen molar-refractivity contribution >= 4 is 33.2 Å². The highest BCUT2D eigenvalue weighted by Gasteiger charge is 2.18. The van der Waals surface area contributed by atoms with E-state index in [4.69, 9.17) is 0 Å². The molecule has 0 aliphatic carbocycles. The number of fused-ring (bicyclic) bond motifs is 1. The van der Waals surface area contributed by atoms with Crippen LogP contribution in [0.3, 0.4) is 0 Å². The summed E-state index contributed by atoms with van der Waals surface area (Å²) in [5, 5.41) is 2.78. The van der Waals surface area contributed by atoms with E-state index in [1.54, 1.807) is 37.4 Å². The quantitative estimate of drug-likeness (QED) is 0.496. The van der Waals surface area contributed by atoms with E-state index >= 15 is 0 Å². The molecule has 4 aromatic rings. The number of benzene rings is 1. The van der Waals surface area contributed by atoms with Gasteiger partial charge in [-0.2, -0.15) is 0 Å². The van der Waals surface area contributed by atoms with Gasteiger partial charge < -0.3 is 5.32 Å². The van der Waals surface area contributed by atoms with Crippen molar-refractivity contribution in [1.82, 2.24) is 19.4 Å². The largest absolute Gasteiger partial charge is 0.321 e. The number of imidazole rings is 1. The van der Waals surface area contributed by atoms with Gasteiger partial charge in [0.05, 0.1) is 10.6 Å². The molecule has 158 valence electrons. The van der Waals surface area contributed by atoms with Crippen LogP contribution in [0, 0.1) is 20.8 Å². The maximum Gasteiger partial charge on any atom is 0.274 e. The summed E-state index contributed by atoms with van der Waals surface area (Å²) in [6.07, 6.45) is 1.76.